The molecule has 10 heavy (non-hydrogen) atoms. The summed E-state index contributed by atoms with van der Waals surface area (Å²) < 4.78 is 13.8. The van der Waals surface area contributed by atoms with Crippen molar-refractivity contribution in [2.24, 2.45) is 0 Å². The zero-order valence-corrected chi connectivity index (χ0v) is 7.23. The molecule has 62 valence electrons. The highest BCUT2D eigenvalue weighted by Gasteiger charge is 2.06. The first kappa shape index (κ1) is 10.7. The highest BCUT2D eigenvalue weighted by Crippen LogP contribution is 2.27. The van der Waals surface area contributed by atoms with Gasteiger partial charge in [0.05, 0.1) is 25.7 Å². The number of rotatable bonds is 4. The van der Waals surface area contributed by atoms with E-state index in [2.05, 4.69) is 4.52 Å². The minimum atomic E-state index is -4.92. The van der Waals surface area contributed by atoms with Crippen LogP contribution in [0.5, 0.6) is 0 Å². The molecule has 0 aromatic heterocycles. The summed E-state index contributed by atoms with van der Waals surface area (Å²) in [4.78, 5) is 19.8. The molecule has 0 amide bonds. The van der Waals surface area contributed by atoms with E-state index in [4.69, 9.17) is 23.2 Å². The molecule has 0 rings (SSSR count). The van der Waals surface area contributed by atoms with Gasteiger partial charge in [-0.1, -0.05) is 0 Å². The molecule has 0 atom stereocenters. The van der Waals surface area contributed by atoms with Gasteiger partial charge in [0.2, 0.25) is 0 Å². The molecule has 0 aliphatic rings. The molecule has 0 aromatic rings. The second-order valence-corrected chi connectivity index (χ2v) is 3.21. The van der Waals surface area contributed by atoms with Gasteiger partial charge in [0, 0.05) is 0 Å². The van der Waals surface area contributed by atoms with Crippen molar-refractivity contribution in [2.45, 2.75) is 6.10 Å². The van der Waals surface area contributed by atoms with E-state index in [0.717, 1.165) is 0 Å². The van der Waals surface area contributed by atoms with Crippen molar-refractivity contribution in [1.82, 2.24) is 0 Å². The van der Waals surface area contributed by atoms with E-state index in [1.54, 1.807) is 0 Å². The third-order valence-corrected chi connectivity index (χ3v) is 1.87. The van der Waals surface area contributed by atoms with Crippen molar-refractivity contribution in [3.8, 4) is 0 Å². The minimum Gasteiger partial charge on any atom is -0.790 e. The smallest absolute Gasteiger partial charge is 0.0897 e. The second kappa shape index (κ2) is 4.54. The second-order valence-electron chi connectivity index (χ2n) is 1.48. The number of hydrogen-bond donors (Lipinski definition) is 0. The Bertz CT molecular complexity index is 130. The summed E-state index contributed by atoms with van der Waals surface area (Å²) in [6, 6.07) is 0. The van der Waals surface area contributed by atoms with Gasteiger partial charge in [0.25, 0.3) is 0 Å². The zero-order chi connectivity index (χ0) is 8.20. The van der Waals surface area contributed by atoms with Gasteiger partial charge < -0.3 is 18.9 Å². The molecular formula is C3H5Cl2O4P-2. The molecule has 0 saturated heterocycles. The van der Waals surface area contributed by atoms with E-state index in [-0.39, 0.29) is 11.8 Å². The van der Waals surface area contributed by atoms with Crippen molar-refractivity contribution in [2.75, 3.05) is 11.8 Å². The third kappa shape index (κ3) is 5.47. The van der Waals surface area contributed by atoms with E-state index in [1.165, 1.54) is 0 Å². The Labute approximate surface area is 68.3 Å². The molecule has 4 nitrogen and oxygen atoms in total. The van der Waals surface area contributed by atoms with Gasteiger partial charge in [0.1, 0.15) is 0 Å². The fourth-order valence-electron chi connectivity index (χ4n) is 0.280. The van der Waals surface area contributed by atoms with Crippen molar-refractivity contribution < 1.29 is 18.9 Å². The zero-order valence-electron chi connectivity index (χ0n) is 4.83. The average Bonchev–Trinajstić information content (AvgIpc) is 1.81. The van der Waals surface area contributed by atoms with Crippen LogP contribution in [0.25, 0.3) is 0 Å². The largest absolute Gasteiger partial charge is 0.790 e. The highest BCUT2D eigenvalue weighted by molar-refractivity contribution is 7.43. The molecule has 0 N–H and O–H groups in total. The lowest BCUT2D eigenvalue weighted by molar-refractivity contribution is -0.343. The van der Waals surface area contributed by atoms with Gasteiger partial charge in [-0.2, -0.15) is 0 Å². The van der Waals surface area contributed by atoms with Gasteiger partial charge in [-0.05, 0) is 0 Å². The first-order valence-corrected chi connectivity index (χ1v) is 4.85. The van der Waals surface area contributed by atoms with Crippen LogP contribution in [-0.2, 0) is 9.09 Å². The number of hydrogen-bond acceptors (Lipinski definition) is 4. The molecular weight excluding hydrogens is 202 g/mol. The maximum absolute atomic E-state index is 9.89. The summed E-state index contributed by atoms with van der Waals surface area (Å²) in [7, 11) is -4.92. The van der Waals surface area contributed by atoms with Gasteiger partial charge in [-0.3, -0.25) is 0 Å². The fraction of sp³-hybridized carbons (Fsp3) is 1.00. The molecule has 0 heterocycles. The minimum absolute atomic E-state index is 0.113. The molecule has 7 heteroatoms. The molecule has 0 aromatic carbocycles. The summed E-state index contributed by atoms with van der Waals surface area (Å²) in [6.45, 7) is 0. The highest BCUT2D eigenvalue weighted by atomic mass is 35.5. The Kier molecular flexibility index (Phi) is 4.86. The number of phosphoric ester groups is 1. The first-order valence-electron chi connectivity index (χ1n) is 2.32. The van der Waals surface area contributed by atoms with E-state index >= 15 is 0 Å². The van der Waals surface area contributed by atoms with Crippen LogP contribution in [0.1, 0.15) is 0 Å². The standard InChI is InChI=1S/C3H7Cl2O4P/c4-1-3(2-5)9-10(6,7)8/h3H,1-2H2,(H2,6,7,8)/p-2. The number of alkyl halides is 2. The van der Waals surface area contributed by atoms with Crippen LogP contribution < -0.4 is 9.79 Å². The normalized spacial score (nSPS) is 12.5. The van der Waals surface area contributed by atoms with Crippen molar-refractivity contribution in [3.05, 3.63) is 0 Å². The number of halogens is 2. The molecule has 0 aliphatic carbocycles. The summed E-state index contributed by atoms with van der Waals surface area (Å²) in [5.74, 6) is -0.226. The molecule has 0 saturated carbocycles. The van der Waals surface area contributed by atoms with Gasteiger partial charge >= 0.3 is 0 Å². The average molecular weight is 207 g/mol. The number of phosphoric acid groups is 1. The lowest BCUT2D eigenvalue weighted by Crippen LogP contribution is -2.24. The van der Waals surface area contributed by atoms with E-state index in [9.17, 15) is 14.4 Å². The van der Waals surface area contributed by atoms with Crippen molar-refractivity contribution >= 4 is 31.0 Å². The van der Waals surface area contributed by atoms with E-state index < -0.39 is 13.9 Å². The summed E-state index contributed by atoms with van der Waals surface area (Å²) in [5, 5.41) is 0. The van der Waals surface area contributed by atoms with Crippen LogP contribution in [0.3, 0.4) is 0 Å². The third-order valence-electron chi connectivity index (χ3n) is 0.622. The van der Waals surface area contributed by atoms with Gasteiger partial charge in [-0.15, -0.1) is 23.2 Å². The van der Waals surface area contributed by atoms with Crippen LogP contribution in [0.15, 0.2) is 0 Å². The molecule has 0 aliphatic heterocycles. The maximum atomic E-state index is 9.89. The van der Waals surface area contributed by atoms with Crippen LogP contribution in [0.4, 0.5) is 0 Å². The van der Waals surface area contributed by atoms with Gasteiger partial charge in [-0.25, -0.2) is 0 Å². The van der Waals surface area contributed by atoms with E-state index in [0.29, 0.717) is 0 Å². The quantitative estimate of drug-likeness (QED) is 0.467. The summed E-state index contributed by atoms with van der Waals surface area (Å²) in [5.41, 5.74) is 0. The predicted molar refractivity (Wildman–Crippen MR) is 33.9 cm³/mol. The molecule has 0 radical (unpaired) electrons. The molecule has 0 spiro atoms. The predicted octanol–water partition coefficient (Wildman–Crippen LogP) is -0.322. The fourth-order valence-corrected chi connectivity index (χ4v) is 1.43. The Morgan fingerprint density at radius 2 is 1.80 bits per heavy atom. The van der Waals surface area contributed by atoms with Gasteiger partial charge in [0.15, 0.2) is 0 Å². The SMILES string of the molecule is O=P([O-])([O-])OC(CCl)CCl. The van der Waals surface area contributed by atoms with Crippen LogP contribution >= 0.6 is 31.0 Å². The first-order chi connectivity index (χ1) is 4.49. The Morgan fingerprint density at radius 3 is 1.90 bits per heavy atom. The van der Waals surface area contributed by atoms with Crippen molar-refractivity contribution in [1.29, 1.82) is 0 Å². The topological polar surface area (TPSA) is 72.4 Å². The van der Waals surface area contributed by atoms with Crippen molar-refractivity contribution in [3.63, 3.8) is 0 Å². The Hall–Kier alpha value is 0.690. The summed E-state index contributed by atoms with van der Waals surface area (Å²) >= 11 is 10.3. The Balaban J connectivity index is 3.75. The maximum Gasteiger partial charge on any atom is 0.0897 e. The lowest BCUT2D eigenvalue weighted by atomic mass is 10.5. The van der Waals surface area contributed by atoms with Crippen LogP contribution in [0.2, 0.25) is 0 Å². The Morgan fingerprint density at radius 1 is 1.40 bits per heavy atom. The molecule has 0 bridgehead atoms. The van der Waals surface area contributed by atoms with E-state index in [1.807, 2.05) is 0 Å². The lowest BCUT2D eigenvalue weighted by Gasteiger charge is -2.31. The molecule has 0 fully saturated rings. The van der Waals surface area contributed by atoms with Crippen LogP contribution in [0, 0.1) is 0 Å². The monoisotopic (exact) mass is 206 g/mol. The molecule has 0 unspecified atom stereocenters. The van der Waals surface area contributed by atoms with Crippen LogP contribution in [-0.4, -0.2) is 17.9 Å². The summed E-state index contributed by atoms with van der Waals surface area (Å²) in [6.07, 6.45) is -0.913.